The number of nitrogen functional groups attached to an aromatic ring is 1. The van der Waals surface area contributed by atoms with Crippen LogP contribution in [0.25, 0.3) is 11.2 Å². The summed E-state index contributed by atoms with van der Waals surface area (Å²) in [6, 6.07) is 0. The number of phosphoric ester groups is 3. The fourth-order valence-corrected chi connectivity index (χ4v) is 10.8. The van der Waals surface area contributed by atoms with Crippen LogP contribution in [0, 0.1) is 17.3 Å². The smallest absolute Gasteiger partial charge is 0.386 e. The van der Waals surface area contributed by atoms with E-state index in [-0.39, 0.29) is 47.5 Å². The summed E-state index contributed by atoms with van der Waals surface area (Å²) in [5.74, 6) is -0.238. The van der Waals surface area contributed by atoms with E-state index in [1.54, 1.807) is 0 Å². The number of imidazole rings is 1. The molecule has 9 atom stereocenters. The average molecular weight is 1020 g/mol. The number of fused-ring (bicyclic) bond motifs is 1. The van der Waals surface area contributed by atoms with Gasteiger partial charge in [-0.15, -0.1) is 0 Å². The van der Waals surface area contributed by atoms with E-state index in [9.17, 15) is 62.7 Å². The summed E-state index contributed by atoms with van der Waals surface area (Å²) >= 11 is 1.11. The van der Waals surface area contributed by atoms with Crippen molar-refractivity contribution >= 4 is 74.9 Å². The number of anilines is 1. The predicted octanol–water partition coefficient (Wildman–Crippen LogP) is 2.57. The molecule has 4 rings (SSSR count). The Balaban J connectivity index is 1.12. The van der Waals surface area contributed by atoms with Crippen LogP contribution in [-0.2, 0) is 55.5 Å². The Hall–Kier alpha value is -3.03. The normalized spacial score (nSPS) is 23.8. The minimum absolute atomic E-state index is 0.0137. The second-order valence-corrected chi connectivity index (χ2v) is 21.8. The molecule has 0 spiro atoms. The molecule has 2 fully saturated rings. The van der Waals surface area contributed by atoms with Crippen molar-refractivity contribution in [2.24, 2.45) is 17.3 Å². The number of ketones is 1. The molecule has 372 valence electrons. The highest BCUT2D eigenvalue weighted by atomic mass is 32.2. The van der Waals surface area contributed by atoms with Gasteiger partial charge in [0.05, 0.1) is 19.5 Å². The molecule has 2 aromatic heterocycles. The van der Waals surface area contributed by atoms with Gasteiger partial charge in [-0.1, -0.05) is 57.5 Å². The zero-order valence-corrected chi connectivity index (χ0v) is 40.2. The van der Waals surface area contributed by atoms with E-state index in [0.29, 0.717) is 30.3 Å². The van der Waals surface area contributed by atoms with E-state index < -0.39 is 84.6 Å². The van der Waals surface area contributed by atoms with Gasteiger partial charge >= 0.3 is 23.5 Å². The van der Waals surface area contributed by atoms with Crippen molar-refractivity contribution in [3.8, 4) is 0 Å². The molecule has 2 amide bonds. The van der Waals surface area contributed by atoms with E-state index in [1.165, 1.54) is 13.8 Å². The first-order chi connectivity index (χ1) is 30.9. The lowest BCUT2D eigenvalue weighted by Crippen LogP contribution is -2.46. The molecule has 10 N–H and O–H groups in total. The molecule has 25 nitrogen and oxygen atoms in total. The van der Waals surface area contributed by atoms with Crippen LogP contribution in [0.2, 0.25) is 0 Å². The molecule has 3 unspecified atom stereocenters. The molecular weight excluding hydrogens is 955 g/mol. The van der Waals surface area contributed by atoms with E-state index in [2.05, 4.69) is 53.5 Å². The van der Waals surface area contributed by atoms with Gasteiger partial charge in [-0.25, -0.2) is 28.6 Å². The predicted molar refractivity (Wildman–Crippen MR) is 235 cm³/mol. The number of rotatable bonds is 28. The molecule has 3 heterocycles. The summed E-state index contributed by atoms with van der Waals surface area (Å²) in [5.41, 5.74) is 4.26. The number of nitrogens with one attached hydrogen (secondary N) is 2. The molecule has 2 aliphatic rings. The molecule has 0 bridgehead atoms. The number of aromatic nitrogens is 4. The van der Waals surface area contributed by atoms with Crippen molar-refractivity contribution in [1.29, 1.82) is 0 Å². The number of carbonyl (C=O) groups is 4. The number of thioether (sulfide) groups is 1. The minimum atomic E-state index is -5.58. The van der Waals surface area contributed by atoms with Crippen molar-refractivity contribution in [3.63, 3.8) is 0 Å². The highest BCUT2D eigenvalue weighted by Crippen LogP contribution is 2.61. The Morgan fingerprint density at radius 2 is 1.76 bits per heavy atom. The minimum Gasteiger partial charge on any atom is -0.386 e. The van der Waals surface area contributed by atoms with Crippen LogP contribution in [0.15, 0.2) is 24.8 Å². The second-order valence-electron chi connectivity index (χ2n) is 16.4. The fourth-order valence-electron chi connectivity index (χ4n) is 7.28. The number of nitrogens with zero attached hydrogens (tertiary/aromatic N) is 4. The van der Waals surface area contributed by atoms with Crippen LogP contribution in [0.5, 0.6) is 0 Å². The van der Waals surface area contributed by atoms with Crippen LogP contribution in [0.1, 0.15) is 91.2 Å². The Bertz CT molecular complexity index is 2160. The quantitative estimate of drug-likeness (QED) is 0.0336. The zero-order valence-electron chi connectivity index (χ0n) is 36.7. The van der Waals surface area contributed by atoms with E-state index in [1.807, 2.05) is 0 Å². The van der Waals surface area contributed by atoms with Crippen LogP contribution in [0.3, 0.4) is 0 Å². The first-order valence-electron chi connectivity index (χ1n) is 21.2. The van der Waals surface area contributed by atoms with Gasteiger partial charge in [-0.2, -0.15) is 4.31 Å². The summed E-state index contributed by atoms with van der Waals surface area (Å²) in [6.45, 7) is 2.55. The lowest BCUT2D eigenvalue weighted by Gasteiger charge is -2.30. The maximum atomic E-state index is 12.7. The second kappa shape index (κ2) is 25.0. The number of allylic oxidation sites excluding steroid dienone is 2. The maximum absolute atomic E-state index is 12.7. The van der Waals surface area contributed by atoms with Gasteiger partial charge < -0.3 is 50.9 Å². The topological polar surface area (TPSA) is 381 Å². The number of aliphatic hydroxyl groups excluding tert-OH is 2. The number of hydrogen-bond acceptors (Lipinski definition) is 19. The molecule has 66 heavy (non-hydrogen) atoms. The van der Waals surface area contributed by atoms with Gasteiger partial charge in [0.15, 0.2) is 22.8 Å². The van der Waals surface area contributed by atoms with E-state index in [0.717, 1.165) is 73.9 Å². The number of phosphoric acid groups is 3. The van der Waals surface area contributed by atoms with Gasteiger partial charge in [0, 0.05) is 49.4 Å². The highest BCUT2D eigenvalue weighted by Gasteiger charge is 2.50. The largest absolute Gasteiger partial charge is 0.481 e. The average Bonchev–Trinajstić information content (AvgIpc) is 3.91. The first-order valence-corrected chi connectivity index (χ1v) is 26.7. The van der Waals surface area contributed by atoms with Gasteiger partial charge in [-0.3, -0.25) is 37.3 Å². The van der Waals surface area contributed by atoms with Crippen molar-refractivity contribution in [1.82, 2.24) is 30.2 Å². The molecule has 2 aromatic rings. The Morgan fingerprint density at radius 3 is 2.47 bits per heavy atom. The van der Waals surface area contributed by atoms with Crippen LogP contribution >= 0.6 is 35.2 Å². The van der Waals surface area contributed by atoms with Crippen LogP contribution in [-0.4, -0.2) is 128 Å². The van der Waals surface area contributed by atoms with Crippen LogP contribution in [0.4, 0.5) is 5.82 Å². The zero-order chi connectivity index (χ0) is 48.9. The Morgan fingerprint density at radius 1 is 1.03 bits per heavy atom. The van der Waals surface area contributed by atoms with Gasteiger partial charge in [0.25, 0.3) is 0 Å². The van der Waals surface area contributed by atoms with Gasteiger partial charge in [0.2, 0.25) is 11.8 Å². The fraction of sp³-hybridized carbons (Fsp3) is 0.703. The number of Topliss-reactive ketones (excluding diaryl/α,β-unsaturated/α-hetero) is 1. The summed E-state index contributed by atoms with van der Waals surface area (Å²) in [4.78, 5) is 101. The van der Waals surface area contributed by atoms with E-state index in [4.69, 9.17) is 19.5 Å². The number of carbonyl (C=O) groups excluding carboxylic acids is 4. The molecular formula is C37H60N7O18P3S. The summed E-state index contributed by atoms with van der Waals surface area (Å²) in [5, 5.41) is 26.6. The maximum Gasteiger partial charge on any atom is 0.481 e. The molecule has 1 aliphatic carbocycles. The van der Waals surface area contributed by atoms with Crippen molar-refractivity contribution in [2.45, 2.75) is 116 Å². The van der Waals surface area contributed by atoms with Crippen LogP contribution < -0.4 is 16.4 Å². The first kappa shape index (κ1) is 55.6. The number of ether oxygens (including phenoxy) is 1. The summed E-state index contributed by atoms with van der Waals surface area (Å²) < 4.78 is 62.4. The summed E-state index contributed by atoms with van der Waals surface area (Å²) in [6.07, 6.45) is 4.58. The third-order valence-electron chi connectivity index (χ3n) is 10.8. The summed E-state index contributed by atoms with van der Waals surface area (Å²) in [7, 11) is -16.4. The number of aliphatic hydroxyl groups is 2. The van der Waals surface area contributed by atoms with Crippen molar-refractivity contribution in [3.05, 3.63) is 24.8 Å². The molecule has 1 saturated carbocycles. The lowest BCUT2D eigenvalue weighted by molar-refractivity contribution is -0.137. The number of hydrogen-bond donors (Lipinski definition) is 9. The number of nitrogens with two attached hydrogens (primary N) is 1. The van der Waals surface area contributed by atoms with Crippen molar-refractivity contribution in [2.75, 3.05) is 37.8 Å². The SMILES string of the molecule is CC/C=C\C[C@@H]1C(=O)CC[C@@H]1CCCCCC(=O)SCCNC(=O)CCNC(=O)C(O)C(C)(C)COP(=O)(O)OP(=O)(O)OC[C@H]1O[C@@H](n2cnc3c(N)ncnc32)[C@H](O)[C@@H]1OP(=O)(O)O. The Labute approximate surface area is 384 Å². The van der Waals surface area contributed by atoms with Crippen molar-refractivity contribution < 1.29 is 85.3 Å². The molecule has 0 radical (unpaired) electrons. The molecule has 1 saturated heterocycles. The standard InChI is InChI=1S/C37H60N7O18P3S/c1-4-5-7-11-24-23(13-14-25(24)45)10-8-6-9-12-28(47)66-18-17-39-27(46)15-16-40-35(50)32(49)37(2,3)20-59-65(56,57)62-64(54,55)58-19-26-31(61-63(51,52)53)30(48)36(60-26)44-22-43-29-33(38)41-21-42-34(29)44/h5,7,21-24,26,30-32,36,48-49H,4,6,8-20H2,1-3H3,(H,39,46)(H,40,50)(H,54,55)(H,56,57)(H2,38,41,42)(H2,51,52,53)/b7-5-/t23-,24-,26+,30+,31+,32?,36+/m0/s1. The van der Waals surface area contributed by atoms with Gasteiger partial charge in [-0.05, 0) is 38.0 Å². The molecule has 1 aliphatic heterocycles. The monoisotopic (exact) mass is 1020 g/mol. The molecule has 29 heteroatoms. The molecule has 0 aromatic carbocycles. The van der Waals surface area contributed by atoms with E-state index >= 15 is 0 Å². The van der Waals surface area contributed by atoms with Gasteiger partial charge in [0.1, 0.15) is 42.0 Å². The Kier molecular flexibility index (Phi) is 21.1. The highest BCUT2D eigenvalue weighted by molar-refractivity contribution is 8.13. The third kappa shape index (κ3) is 17.2. The number of amides is 2. The third-order valence-corrected chi connectivity index (χ3v) is 14.8. The number of unbranched alkanes of at least 4 members (excludes halogenated alkanes) is 2. The lowest BCUT2D eigenvalue weighted by atomic mass is 9.87.